The van der Waals surface area contributed by atoms with E-state index in [2.05, 4.69) is 21.2 Å². The number of benzene rings is 2. The van der Waals surface area contributed by atoms with Crippen LogP contribution in [-0.4, -0.2) is 70.4 Å². The number of nitrogens with zero attached hydrogens (tertiary/aromatic N) is 2. The molecule has 3 rings (SSSR count). The first kappa shape index (κ1) is 21.8. The molecular formula is C23H31N3O4. The minimum absolute atomic E-state index is 0.00949. The summed E-state index contributed by atoms with van der Waals surface area (Å²) in [5, 5.41) is 2.93. The molecule has 1 amide bonds. The van der Waals surface area contributed by atoms with E-state index in [1.165, 1.54) is 0 Å². The Bertz CT molecular complexity index is 789. The molecule has 2 aromatic rings. The van der Waals surface area contributed by atoms with E-state index in [4.69, 9.17) is 14.2 Å². The molecule has 2 aromatic carbocycles. The highest BCUT2D eigenvalue weighted by atomic mass is 16.5. The van der Waals surface area contributed by atoms with Crippen molar-refractivity contribution >= 4 is 11.6 Å². The third kappa shape index (κ3) is 6.29. The molecule has 0 radical (unpaired) electrons. The topological polar surface area (TPSA) is 63.3 Å². The predicted molar refractivity (Wildman–Crippen MR) is 118 cm³/mol. The van der Waals surface area contributed by atoms with Crippen LogP contribution in [0.5, 0.6) is 17.2 Å². The fourth-order valence-corrected chi connectivity index (χ4v) is 3.46. The summed E-state index contributed by atoms with van der Waals surface area (Å²) in [4.78, 5) is 16.7. The first-order chi connectivity index (χ1) is 14.7. The lowest BCUT2D eigenvalue weighted by Gasteiger charge is -2.36. The number of nitrogens with one attached hydrogen (secondary N) is 1. The van der Waals surface area contributed by atoms with Gasteiger partial charge in [0.25, 0.3) is 5.91 Å². The zero-order chi connectivity index (χ0) is 21.2. The van der Waals surface area contributed by atoms with Crippen molar-refractivity contribution in [3.8, 4) is 17.2 Å². The molecule has 30 heavy (non-hydrogen) atoms. The predicted octanol–water partition coefficient (Wildman–Crippen LogP) is 2.41. The Kier molecular flexibility index (Phi) is 8.20. The number of amides is 1. The highest BCUT2D eigenvalue weighted by Gasteiger charge is 2.19. The zero-order valence-corrected chi connectivity index (χ0v) is 17.8. The molecule has 0 spiro atoms. The number of carbonyl (C=O) groups excluding carboxylic acids is 1. The van der Waals surface area contributed by atoms with Crippen LogP contribution in [0.2, 0.25) is 0 Å². The van der Waals surface area contributed by atoms with Gasteiger partial charge < -0.3 is 24.4 Å². The van der Waals surface area contributed by atoms with E-state index in [0.717, 1.165) is 49.9 Å². The zero-order valence-electron chi connectivity index (χ0n) is 17.8. The van der Waals surface area contributed by atoms with Gasteiger partial charge in [0.2, 0.25) is 0 Å². The molecule has 0 atom stereocenters. The Morgan fingerprint density at radius 2 is 1.63 bits per heavy atom. The highest BCUT2D eigenvalue weighted by molar-refractivity contribution is 5.77. The van der Waals surface area contributed by atoms with Crippen LogP contribution in [0.25, 0.3) is 0 Å². The summed E-state index contributed by atoms with van der Waals surface area (Å²) in [7, 11) is 1.71. The summed E-state index contributed by atoms with van der Waals surface area (Å²) in [6.07, 6.45) is 0. The first-order valence-corrected chi connectivity index (χ1v) is 10.4. The lowest BCUT2D eigenvalue weighted by Crippen LogP contribution is -2.48. The molecule has 0 unspecified atom stereocenters. The monoisotopic (exact) mass is 413 g/mol. The number of piperazine rings is 1. The van der Waals surface area contributed by atoms with E-state index in [9.17, 15) is 4.79 Å². The van der Waals surface area contributed by atoms with Crippen LogP contribution in [0.1, 0.15) is 6.92 Å². The van der Waals surface area contributed by atoms with E-state index in [1.54, 1.807) is 19.2 Å². The van der Waals surface area contributed by atoms with E-state index in [-0.39, 0.29) is 12.5 Å². The molecular weight excluding hydrogens is 382 g/mol. The van der Waals surface area contributed by atoms with Crippen LogP contribution in [-0.2, 0) is 4.79 Å². The van der Waals surface area contributed by atoms with Gasteiger partial charge in [-0.2, -0.15) is 0 Å². The molecule has 7 nitrogen and oxygen atoms in total. The van der Waals surface area contributed by atoms with Gasteiger partial charge in [-0.1, -0.05) is 12.1 Å². The van der Waals surface area contributed by atoms with Crippen molar-refractivity contribution in [3.63, 3.8) is 0 Å². The van der Waals surface area contributed by atoms with Gasteiger partial charge in [-0.3, -0.25) is 9.69 Å². The quantitative estimate of drug-likeness (QED) is 0.646. The number of hydrogen-bond acceptors (Lipinski definition) is 6. The molecule has 7 heteroatoms. The third-order valence-electron chi connectivity index (χ3n) is 5.05. The van der Waals surface area contributed by atoms with Crippen molar-refractivity contribution in [2.24, 2.45) is 0 Å². The normalized spacial score (nSPS) is 14.3. The molecule has 0 bridgehead atoms. The van der Waals surface area contributed by atoms with Crippen molar-refractivity contribution in [1.82, 2.24) is 10.2 Å². The van der Waals surface area contributed by atoms with Crippen molar-refractivity contribution in [3.05, 3.63) is 48.5 Å². The second-order valence-electron chi connectivity index (χ2n) is 7.04. The van der Waals surface area contributed by atoms with E-state index < -0.39 is 0 Å². The summed E-state index contributed by atoms with van der Waals surface area (Å²) < 4.78 is 16.4. The number of carbonyl (C=O) groups is 1. The number of hydrogen-bond donors (Lipinski definition) is 1. The maximum atomic E-state index is 12.0. The van der Waals surface area contributed by atoms with Crippen LogP contribution in [0, 0.1) is 0 Å². The second-order valence-corrected chi connectivity index (χ2v) is 7.04. The Morgan fingerprint density at radius 1 is 0.967 bits per heavy atom. The van der Waals surface area contributed by atoms with Gasteiger partial charge >= 0.3 is 0 Å². The Labute approximate surface area is 178 Å². The molecule has 0 saturated carbocycles. The molecule has 162 valence electrons. The summed E-state index contributed by atoms with van der Waals surface area (Å²) >= 11 is 0. The number of para-hydroxylation sites is 2. The summed E-state index contributed by atoms with van der Waals surface area (Å²) in [6, 6.07) is 15.4. The van der Waals surface area contributed by atoms with Crippen LogP contribution in [0.3, 0.4) is 0 Å². The van der Waals surface area contributed by atoms with Gasteiger partial charge in [-0.15, -0.1) is 0 Å². The average molecular weight is 414 g/mol. The van der Waals surface area contributed by atoms with Crippen molar-refractivity contribution in [2.75, 3.05) is 64.5 Å². The standard InChI is InChI=1S/C23H31N3O4/c1-3-29-19-8-10-20(11-9-19)30-18-23(27)24-12-13-25-14-16-26(17-15-25)21-6-4-5-7-22(21)28-2/h4-11H,3,12-18H2,1-2H3,(H,24,27). The maximum Gasteiger partial charge on any atom is 0.257 e. The Morgan fingerprint density at radius 3 is 2.30 bits per heavy atom. The van der Waals surface area contributed by atoms with Crippen molar-refractivity contribution in [1.29, 1.82) is 0 Å². The first-order valence-electron chi connectivity index (χ1n) is 10.4. The van der Waals surface area contributed by atoms with Crippen LogP contribution in [0.4, 0.5) is 5.69 Å². The van der Waals surface area contributed by atoms with Gasteiger partial charge in [0, 0.05) is 39.3 Å². The molecule has 1 saturated heterocycles. The largest absolute Gasteiger partial charge is 0.495 e. The van der Waals surface area contributed by atoms with Gasteiger partial charge in [0.1, 0.15) is 17.2 Å². The molecule has 0 aromatic heterocycles. The second kappa shape index (κ2) is 11.3. The number of anilines is 1. The van der Waals surface area contributed by atoms with Crippen LogP contribution >= 0.6 is 0 Å². The maximum absolute atomic E-state index is 12.0. The molecule has 1 N–H and O–H groups in total. The SMILES string of the molecule is CCOc1ccc(OCC(=O)NCCN2CCN(c3ccccc3OC)CC2)cc1. The molecule has 0 aliphatic carbocycles. The number of ether oxygens (including phenoxy) is 3. The molecule has 1 heterocycles. The lowest BCUT2D eigenvalue weighted by atomic mass is 10.2. The van der Waals surface area contributed by atoms with E-state index in [0.29, 0.717) is 18.9 Å². The average Bonchev–Trinajstić information content (AvgIpc) is 2.79. The van der Waals surface area contributed by atoms with E-state index in [1.807, 2.05) is 37.3 Å². The van der Waals surface area contributed by atoms with E-state index >= 15 is 0 Å². The van der Waals surface area contributed by atoms with Gasteiger partial charge in [0.15, 0.2) is 6.61 Å². The minimum Gasteiger partial charge on any atom is -0.495 e. The molecule has 1 fully saturated rings. The minimum atomic E-state index is -0.114. The Hall–Kier alpha value is -2.93. The van der Waals surface area contributed by atoms with Crippen LogP contribution < -0.4 is 24.4 Å². The fourth-order valence-electron chi connectivity index (χ4n) is 3.46. The highest BCUT2D eigenvalue weighted by Crippen LogP contribution is 2.28. The van der Waals surface area contributed by atoms with Gasteiger partial charge in [0.05, 0.1) is 19.4 Å². The number of rotatable bonds is 10. The summed E-state index contributed by atoms with van der Waals surface area (Å²) in [6.45, 7) is 7.80. The van der Waals surface area contributed by atoms with Crippen molar-refractivity contribution < 1.29 is 19.0 Å². The van der Waals surface area contributed by atoms with Gasteiger partial charge in [-0.05, 0) is 43.3 Å². The Balaban J connectivity index is 1.32. The molecule has 1 aliphatic rings. The van der Waals surface area contributed by atoms with Gasteiger partial charge in [-0.25, -0.2) is 0 Å². The molecule has 1 aliphatic heterocycles. The smallest absolute Gasteiger partial charge is 0.257 e. The lowest BCUT2D eigenvalue weighted by molar-refractivity contribution is -0.123. The third-order valence-corrected chi connectivity index (χ3v) is 5.05. The summed E-state index contributed by atoms with van der Waals surface area (Å²) in [5.74, 6) is 2.24. The summed E-state index contributed by atoms with van der Waals surface area (Å²) in [5.41, 5.74) is 1.14. The number of methoxy groups -OCH3 is 1. The van der Waals surface area contributed by atoms with Crippen LogP contribution in [0.15, 0.2) is 48.5 Å². The van der Waals surface area contributed by atoms with Crippen molar-refractivity contribution in [2.45, 2.75) is 6.92 Å². The fraction of sp³-hybridized carbons (Fsp3) is 0.435.